The lowest BCUT2D eigenvalue weighted by atomic mass is 9.94. The first kappa shape index (κ1) is 23.9. The quantitative estimate of drug-likeness (QED) is 0.220. The van der Waals surface area contributed by atoms with Gasteiger partial charge in [0, 0.05) is 38.9 Å². The molecular formula is C36H26N4. The smallest absolute Gasteiger partial charge is 0.161 e. The minimum atomic E-state index is 0.688. The average molecular weight is 515 g/mol. The van der Waals surface area contributed by atoms with Gasteiger partial charge in [0.25, 0.3) is 0 Å². The number of fused-ring (bicyclic) bond motifs is 3. The molecule has 4 aromatic carbocycles. The van der Waals surface area contributed by atoms with Crippen LogP contribution in [0.3, 0.4) is 0 Å². The highest BCUT2D eigenvalue weighted by atomic mass is 14.9. The maximum atomic E-state index is 5.11. The van der Waals surface area contributed by atoms with E-state index >= 15 is 0 Å². The first-order valence-electron chi connectivity index (χ1n) is 13.4. The van der Waals surface area contributed by atoms with Crippen molar-refractivity contribution < 1.29 is 0 Å². The van der Waals surface area contributed by atoms with Gasteiger partial charge < -0.3 is 0 Å². The Labute approximate surface area is 233 Å². The molecule has 4 nitrogen and oxygen atoms in total. The molecule has 0 radical (unpaired) electrons. The van der Waals surface area contributed by atoms with E-state index in [-0.39, 0.29) is 0 Å². The first-order chi connectivity index (χ1) is 19.6. The standard InChI is InChI=1S/C36H26N4/c1-23-17-18-27-19-20-29-31(21-24(2)38-35(29)34(27)37-23)28-15-9-10-16-30(28)36-39-32(25-11-5-3-6-12-25)22-33(40-36)26-13-7-4-8-14-26/h3-22H,1-2H3. The molecule has 0 fully saturated rings. The van der Waals surface area contributed by atoms with E-state index in [1.165, 1.54) is 0 Å². The molecule has 7 aromatic rings. The molecule has 0 bridgehead atoms. The van der Waals surface area contributed by atoms with E-state index in [4.69, 9.17) is 19.9 Å². The van der Waals surface area contributed by atoms with Gasteiger partial charge in [-0.3, -0.25) is 9.97 Å². The summed E-state index contributed by atoms with van der Waals surface area (Å²) < 4.78 is 0. The number of aromatic nitrogens is 4. The van der Waals surface area contributed by atoms with Crippen molar-refractivity contribution in [3.05, 3.63) is 133 Å². The summed E-state index contributed by atoms with van der Waals surface area (Å²) in [5.74, 6) is 0.688. The zero-order valence-electron chi connectivity index (χ0n) is 22.3. The van der Waals surface area contributed by atoms with Crippen LogP contribution >= 0.6 is 0 Å². The van der Waals surface area contributed by atoms with Gasteiger partial charge >= 0.3 is 0 Å². The molecule has 190 valence electrons. The normalized spacial score (nSPS) is 11.2. The van der Waals surface area contributed by atoms with Crippen LogP contribution < -0.4 is 0 Å². The van der Waals surface area contributed by atoms with Crippen molar-refractivity contribution in [2.45, 2.75) is 13.8 Å². The monoisotopic (exact) mass is 514 g/mol. The second kappa shape index (κ2) is 9.83. The summed E-state index contributed by atoms with van der Waals surface area (Å²) >= 11 is 0. The summed E-state index contributed by atoms with van der Waals surface area (Å²) in [5.41, 5.74) is 10.8. The molecule has 40 heavy (non-hydrogen) atoms. The Morgan fingerprint density at radius 3 is 1.68 bits per heavy atom. The summed E-state index contributed by atoms with van der Waals surface area (Å²) in [4.78, 5) is 20.0. The topological polar surface area (TPSA) is 51.6 Å². The van der Waals surface area contributed by atoms with Crippen molar-refractivity contribution in [1.82, 2.24) is 19.9 Å². The Morgan fingerprint density at radius 2 is 1.00 bits per heavy atom. The summed E-state index contributed by atoms with van der Waals surface area (Å²) in [6.45, 7) is 4.06. The van der Waals surface area contributed by atoms with E-state index in [1.807, 2.05) is 56.3 Å². The van der Waals surface area contributed by atoms with Crippen LogP contribution in [0.15, 0.2) is 121 Å². The second-order valence-corrected chi connectivity index (χ2v) is 10.0. The van der Waals surface area contributed by atoms with Crippen molar-refractivity contribution in [1.29, 1.82) is 0 Å². The van der Waals surface area contributed by atoms with Gasteiger partial charge in [0.15, 0.2) is 5.82 Å². The SMILES string of the molecule is Cc1ccc2ccc3c(-c4ccccc4-c4nc(-c5ccccc5)cc(-c5ccccc5)n4)cc(C)nc3c2n1. The number of rotatable bonds is 4. The third kappa shape index (κ3) is 4.30. The molecule has 0 N–H and O–H groups in total. The van der Waals surface area contributed by atoms with Crippen LogP contribution in [0, 0.1) is 13.8 Å². The van der Waals surface area contributed by atoms with Crippen LogP contribution in [0.25, 0.3) is 66.8 Å². The molecule has 3 heterocycles. The summed E-state index contributed by atoms with van der Waals surface area (Å²) in [5, 5.41) is 2.15. The summed E-state index contributed by atoms with van der Waals surface area (Å²) in [6, 6.07) is 41.6. The van der Waals surface area contributed by atoms with E-state index in [2.05, 4.69) is 78.9 Å². The van der Waals surface area contributed by atoms with Gasteiger partial charge in [-0.05, 0) is 43.2 Å². The minimum absolute atomic E-state index is 0.688. The van der Waals surface area contributed by atoms with Crippen LogP contribution in [0.2, 0.25) is 0 Å². The molecule has 0 aliphatic heterocycles. The van der Waals surface area contributed by atoms with Crippen LogP contribution in [0.5, 0.6) is 0 Å². The third-order valence-corrected chi connectivity index (χ3v) is 7.23. The lowest BCUT2D eigenvalue weighted by Crippen LogP contribution is -1.98. The Balaban J connectivity index is 1.49. The van der Waals surface area contributed by atoms with Gasteiger partial charge in [0.1, 0.15) is 0 Å². The predicted octanol–water partition coefficient (Wildman–Crippen LogP) is 8.86. The van der Waals surface area contributed by atoms with E-state index in [1.54, 1.807) is 0 Å². The van der Waals surface area contributed by atoms with Gasteiger partial charge in [-0.15, -0.1) is 0 Å². The maximum Gasteiger partial charge on any atom is 0.161 e. The molecule has 0 saturated carbocycles. The molecule has 0 saturated heterocycles. The number of pyridine rings is 2. The fraction of sp³-hybridized carbons (Fsp3) is 0.0556. The molecule has 0 atom stereocenters. The zero-order valence-corrected chi connectivity index (χ0v) is 22.3. The average Bonchev–Trinajstić information content (AvgIpc) is 3.01. The highest BCUT2D eigenvalue weighted by molar-refractivity contribution is 6.09. The van der Waals surface area contributed by atoms with Gasteiger partial charge in [-0.25, -0.2) is 9.97 Å². The highest BCUT2D eigenvalue weighted by Crippen LogP contribution is 2.38. The highest BCUT2D eigenvalue weighted by Gasteiger charge is 2.17. The van der Waals surface area contributed by atoms with Crippen molar-refractivity contribution >= 4 is 21.8 Å². The number of nitrogens with zero attached hydrogens (tertiary/aromatic N) is 4. The van der Waals surface area contributed by atoms with Gasteiger partial charge in [0.2, 0.25) is 0 Å². The van der Waals surface area contributed by atoms with E-state index < -0.39 is 0 Å². The Bertz CT molecular complexity index is 1960. The van der Waals surface area contributed by atoms with Crippen molar-refractivity contribution in [2.75, 3.05) is 0 Å². The number of hydrogen-bond acceptors (Lipinski definition) is 4. The Hall–Kier alpha value is -5.22. The molecule has 0 unspecified atom stereocenters. The van der Waals surface area contributed by atoms with Crippen LogP contribution in [-0.2, 0) is 0 Å². The molecule has 3 aromatic heterocycles. The molecule has 0 aliphatic carbocycles. The fourth-order valence-electron chi connectivity index (χ4n) is 5.31. The molecule has 0 aliphatic rings. The second-order valence-electron chi connectivity index (χ2n) is 10.0. The molecule has 0 amide bonds. The maximum absolute atomic E-state index is 5.11. The van der Waals surface area contributed by atoms with Crippen molar-refractivity contribution in [3.63, 3.8) is 0 Å². The first-order valence-corrected chi connectivity index (χ1v) is 13.4. The van der Waals surface area contributed by atoms with Gasteiger partial charge in [-0.1, -0.05) is 103 Å². The molecule has 0 spiro atoms. The third-order valence-electron chi connectivity index (χ3n) is 7.23. The number of aryl methyl sites for hydroxylation is 2. The Kier molecular flexibility index (Phi) is 5.86. The molecule has 4 heteroatoms. The largest absolute Gasteiger partial charge is 0.251 e. The van der Waals surface area contributed by atoms with E-state index in [0.29, 0.717) is 5.82 Å². The van der Waals surface area contributed by atoms with E-state index in [0.717, 1.165) is 72.4 Å². The Morgan fingerprint density at radius 1 is 0.425 bits per heavy atom. The lowest BCUT2D eigenvalue weighted by molar-refractivity contribution is 1.18. The molecule has 7 rings (SSSR count). The zero-order chi connectivity index (χ0) is 27.1. The summed E-state index contributed by atoms with van der Waals surface area (Å²) in [6.07, 6.45) is 0. The number of hydrogen-bond donors (Lipinski definition) is 0. The summed E-state index contributed by atoms with van der Waals surface area (Å²) in [7, 11) is 0. The van der Waals surface area contributed by atoms with Crippen molar-refractivity contribution in [2.24, 2.45) is 0 Å². The molecular weight excluding hydrogens is 488 g/mol. The predicted molar refractivity (Wildman–Crippen MR) is 164 cm³/mol. The van der Waals surface area contributed by atoms with Crippen LogP contribution in [-0.4, -0.2) is 19.9 Å². The lowest BCUT2D eigenvalue weighted by Gasteiger charge is -2.15. The van der Waals surface area contributed by atoms with Crippen LogP contribution in [0.1, 0.15) is 11.4 Å². The van der Waals surface area contributed by atoms with Gasteiger partial charge in [-0.2, -0.15) is 0 Å². The van der Waals surface area contributed by atoms with Crippen molar-refractivity contribution in [3.8, 4) is 45.0 Å². The fourth-order valence-corrected chi connectivity index (χ4v) is 5.31. The van der Waals surface area contributed by atoms with Crippen LogP contribution in [0.4, 0.5) is 0 Å². The van der Waals surface area contributed by atoms with Gasteiger partial charge in [0.05, 0.1) is 22.4 Å². The number of benzene rings is 4. The minimum Gasteiger partial charge on any atom is -0.251 e. The van der Waals surface area contributed by atoms with E-state index in [9.17, 15) is 0 Å².